The summed E-state index contributed by atoms with van der Waals surface area (Å²) in [4.78, 5) is 2.31. The topological polar surface area (TPSA) is 29.3 Å². The van der Waals surface area contributed by atoms with Crippen LogP contribution in [0.25, 0.3) is 0 Å². The Morgan fingerprint density at radius 2 is 2.13 bits per heavy atom. The molecule has 0 fully saturated rings. The van der Waals surface area contributed by atoms with Gasteiger partial charge >= 0.3 is 0 Å². The van der Waals surface area contributed by atoms with Crippen molar-refractivity contribution in [2.45, 2.75) is 26.8 Å². The van der Waals surface area contributed by atoms with Gasteiger partial charge in [-0.25, -0.2) is 0 Å². The van der Waals surface area contributed by atoms with E-state index in [0.29, 0.717) is 12.6 Å². The van der Waals surface area contributed by atoms with Crippen molar-refractivity contribution >= 4 is 21.6 Å². The van der Waals surface area contributed by atoms with E-state index in [9.17, 15) is 0 Å². The van der Waals surface area contributed by atoms with Crippen LogP contribution in [0.5, 0.6) is 0 Å². The van der Waals surface area contributed by atoms with E-state index in [1.807, 2.05) is 0 Å². The molecule has 15 heavy (non-hydrogen) atoms. The van der Waals surface area contributed by atoms with Crippen LogP contribution in [0.2, 0.25) is 0 Å². The molecule has 0 saturated heterocycles. The van der Waals surface area contributed by atoms with E-state index in [4.69, 9.17) is 5.73 Å². The lowest BCUT2D eigenvalue weighted by Gasteiger charge is -2.30. The van der Waals surface area contributed by atoms with Gasteiger partial charge in [0, 0.05) is 23.6 Å². The Morgan fingerprint density at radius 1 is 1.47 bits per heavy atom. The number of likely N-dealkylation sites (N-methyl/N-ethyl adjacent to an activating group) is 1. The molecule has 2 N–H and O–H groups in total. The second kappa shape index (κ2) is 5.52. The molecule has 84 valence electrons. The lowest BCUT2D eigenvalue weighted by molar-refractivity contribution is 0.656. The van der Waals surface area contributed by atoms with E-state index in [0.717, 1.165) is 11.0 Å². The van der Waals surface area contributed by atoms with E-state index in [-0.39, 0.29) is 0 Å². The molecular formula is C12H19BrN2. The first kappa shape index (κ1) is 12.5. The number of aryl methyl sites for hydroxylation is 1. The van der Waals surface area contributed by atoms with Gasteiger partial charge in [-0.15, -0.1) is 0 Å². The summed E-state index contributed by atoms with van der Waals surface area (Å²) < 4.78 is 1.14. The van der Waals surface area contributed by atoms with E-state index in [2.05, 4.69) is 59.8 Å². The van der Waals surface area contributed by atoms with Gasteiger partial charge in [0.15, 0.2) is 0 Å². The Morgan fingerprint density at radius 3 is 2.60 bits per heavy atom. The van der Waals surface area contributed by atoms with Crippen molar-refractivity contribution in [3.63, 3.8) is 0 Å². The van der Waals surface area contributed by atoms with Crippen molar-refractivity contribution in [3.05, 3.63) is 28.2 Å². The fourth-order valence-corrected chi connectivity index (χ4v) is 2.41. The van der Waals surface area contributed by atoms with Gasteiger partial charge in [-0.05, 0) is 54.4 Å². The van der Waals surface area contributed by atoms with Gasteiger partial charge in [-0.3, -0.25) is 0 Å². The predicted molar refractivity (Wildman–Crippen MR) is 70.4 cm³/mol. The highest BCUT2D eigenvalue weighted by Crippen LogP contribution is 2.28. The minimum Gasteiger partial charge on any atom is -0.367 e. The molecule has 0 radical (unpaired) electrons. The zero-order chi connectivity index (χ0) is 11.4. The van der Waals surface area contributed by atoms with Crippen LogP contribution in [-0.4, -0.2) is 19.1 Å². The molecule has 1 aromatic rings. The lowest BCUT2D eigenvalue weighted by Crippen LogP contribution is -2.38. The second-order valence-electron chi connectivity index (χ2n) is 3.83. The first-order valence-electron chi connectivity index (χ1n) is 5.33. The average molecular weight is 271 g/mol. The molecular weight excluding hydrogens is 252 g/mol. The highest BCUT2D eigenvalue weighted by atomic mass is 79.9. The predicted octanol–water partition coefficient (Wildman–Crippen LogP) is 2.93. The minimum absolute atomic E-state index is 0.369. The number of benzene rings is 1. The molecule has 1 unspecified atom stereocenters. The number of nitrogens with two attached hydrogens (primary N) is 1. The zero-order valence-electron chi connectivity index (χ0n) is 9.63. The molecule has 0 amide bonds. The Kier molecular flexibility index (Phi) is 4.61. The van der Waals surface area contributed by atoms with E-state index < -0.39 is 0 Å². The summed E-state index contributed by atoms with van der Waals surface area (Å²) in [5, 5.41) is 0. The van der Waals surface area contributed by atoms with Crippen LogP contribution in [0, 0.1) is 6.92 Å². The molecule has 0 aromatic heterocycles. The van der Waals surface area contributed by atoms with Crippen LogP contribution in [0.3, 0.4) is 0 Å². The molecule has 0 aliphatic heterocycles. The first-order chi connectivity index (χ1) is 7.10. The van der Waals surface area contributed by atoms with Crippen LogP contribution in [0.1, 0.15) is 19.4 Å². The monoisotopic (exact) mass is 270 g/mol. The maximum atomic E-state index is 5.71. The number of hydrogen-bond donors (Lipinski definition) is 1. The molecule has 0 aliphatic rings. The number of rotatable bonds is 4. The van der Waals surface area contributed by atoms with Gasteiger partial charge in [0.1, 0.15) is 0 Å². The van der Waals surface area contributed by atoms with E-state index in [1.165, 1.54) is 11.3 Å². The normalized spacial score (nSPS) is 12.6. The largest absolute Gasteiger partial charge is 0.367 e. The summed E-state index contributed by atoms with van der Waals surface area (Å²) in [5.74, 6) is 0. The molecule has 0 spiro atoms. The lowest BCUT2D eigenvalue weighted by atomic mass is 10.2. The van der Waals surface area contributed by atoms with Crippen LogP contribution >= 0.6 is 15.9 Å². The summed E-state index contributed by atoms with van der Waals surface area (Å²) in [6.45, 7) is 8.04. The molecule has 0 bridgehead atoms. The Balaban J connectivity index is 3.01. The molecule has 0 heterocycles. The molecule has 3 heteroatoms. The van der Waals surface area contributed by atoms with Crippen molar-refractivity contribution in [1.82, 2.24) is 0 Å². The molecule has 1 rings (SSSR count). The zero-order valence-corrected chi connectivity index (χ0v) is 11.2. The van der Waals surface area contributed by atoms with Crippen molar-refractivity contribution in [1.29, 1.82) is 0 Å². The standard InChI is InChI=1S/C12H19BrN2/c1-4-15(10(3)8-14)12-6-5-9(2)7-11(12)13/h5-7,10H,4,8,14H2,1-3H3. The molecule has 1 atom stereocenters. The highest BCUT2D eigenvalue weighted by molar-refractivity contribution is 9.10. The van der Waals surface area contributed by atoms with Gasteiger partial charge in [0.05, 0.1) is 5.69 Å². The molecule has 0 aliphatic carbocycles. The molecule has 2 nitrogen and oxygen atoms in total. The molecule has 1 aromatic carbocycles. The van der Waals surface area contributed by atoms with Crippen LogP contribution in [-0.2, 0) is 0 Å². The smallest absolute Gasteiger partial charge is 0.0513 e. The van der Waals surface area contributed by atoms with Gasteiger partial charge in [-0.2, -0.15) is 0 Å². The minimum atomic E-state index is 0.369. The van der Waals surface area contributed by atoms with Crippen molar-refractivity contribution in [2.24, 2.45) is 5.73 Å². The highest BCUT2D eigenvalue weighted by Gasteiger charge is 2.13. The quantitative estimate of drug-likeness (QED) is 0.912. The third-order valence-electron chi connectivity index (χ3n) is 2.63. The Hall–Kier alpha value is -0.540. The Bertz CT molecular complexity index is 325. The fraction of sp³-hybridized carbons (Fsp3) is 0.500. The summed E-state index contributed by atoms with van der Waals surface area (Å²) in [6.07, 6.45) is 0. The van der Waals surface area contributed by atoms with Gasteiger partial charge in [0.2, 0.25) is 0 Å². The second-order valence-corrected chi connectivity index (χ2v) is 4.68. The third-order valence-corrected chi connectivity index (χ3v) is 3.26. The van der Waals surface area contributed by atoms with Gasteiger partial charge in [0.25, 0.3) is 0 Å². The van der Waals surface area contributed by atoms with Crippen LogP contribution in [0.4, 0.5) is 5.69 Å². The van der Waals surface area contributed by atoms with Crippen molar-refractivity contribution in [2.75, 3.05) is 18.0 Å². The van der Waals surface area contributed by atoms with Gasteiger partial charge < -0.3 is 10.6 Å². The van der Waals surface area contributed by atoms with Gasteiger partial charge in [-0.1, -0.05) is 6.07 Å². The fourth-order valence-electron chi connectivity index (χ4n) is 1.69. The maximum absolute atomic E-state index is 5.71. The number of hydrogen-bond acceptors (Lipinski definition) is 2. The SMILES string of the molecule is CCN(c1ccc(C)cc1Br)C(C)CN. The summed E-state index contributed by atoms with van der Waals surface area (Å²) in [7, 11) is 0. The molecule has 0 saturated carbocycles. The summed E-state index contributed by atoms with van der Waals surface area (Å²) >= 11 is 3.60. The number of anilines is 1. The van der Waals surface area contributed by atoms with Crippen LogP contribution < -0.4 is 10.6 Å². The first-order valence-corrected chi connectivity index (χ1v) is 6.12. The summed E-state index contributed by atoms with van der Waals surface area (Å²) in [5.41, 5.74) is 8.20. The van der Waals surface area contributed by atoms with Crippen LogP contribution in [0.15, 0.2) is 22.7 Å². The van der Waals surface area contributed by atoms with E-state index >= 15 is 0 Å². The maximum Gasteiger partial charge on any atom is 0.0513 e. The third kappa shape index (κ3) is 2.95. The average Bonchev–Trinajstić information content (AvgIpc) is 2.21. The van der Waals surface area contributed by atoms with E-state index in [1.54, 1.807) is 0 Å². The Labute approximate surface area is 101 Å². The van der Waals surface area contributed by atoms with Crippen molar-refractivity contribution in [3.8, 4) is 0 Å². The number of nitrogens with zero attached hydrogens (tertiary/aromatic N) is 1. The number of halogens is 1. The summed E-state index contributed by atoms with van der Waals surface area (Å²) in [6, 6.07) is 6.79. The van der Waals surface area contributed by atoms with Crippen molar-refractivity contribution < 1.29 is 0 Å².